The molecule has 6 heteroatoms. The van der Waals surface area contributed by atoms with Gasteiger partial charge in [-0.25, -0.2) is 0 Å². The van der Waals surface area contributed by atoms with Crippen LogP contribution in [0.4, 0.5) is 0 Å². The summed E-state index contributed by atoms with van der Waals surface area (Å²) in [5.74, 6) is 2.78. The largest absolute Gasteiger partial charge is 0.301 e. The molecule has 3 nitrogen and oxygen atoms in total. The molecule has 0 aliphatic heterocycles. The van der Waals surface area contributed by atoms with E-state index in [0.717, 1.165) is 22.4 Å². The van der Waals surface area contributed by atoms with Crippen molar-refractivity contribution < 1.29 is 0 Å². The average molecular weight is 314 g/mol. The van der Waals surface area contributed by atoms with E-state index < -0.39 is 0 Å². The van der Waals surface area contributed by atoms with E-state index in [1.807, 2.05) is 23.9 Å². The van der Waals surface area contributed by atoms with Crippen molar-refractivity contribution >= 4 is 35.6 Å². The molecule has 2 aromatic rings. The molecule has 0 saturated heterocycles. The van der Waals surface area contributed by atoms with Gasteiger partial charge in [0, 0.05) is 16.8 Å². The summed E-state index contributed by atoms with van der Waals surface area (Å²) < 4.78 is 2.75. The second-order valence-corrected chi connectivity index (χ2v) is 6.34. The van der Waals surface area contributed by atoms with Gasteiger partial charge in [0.25, 0.3) is 0 Å². The average Bonchev–Trinajstić information content (AvgIpc) is 2.73. The van der Waals surface area contributed by atoms with Gasteiger partial charge in [-0.2, -0.15) is 5.10 Å². The summed E-state index contributed by atoms with van der Waals surface area (Å²) in [5, 5.41) is 7.92. The van der Waals surface area contributed by atoms with Gasteiger partial charge in [-0.05, 0) is 43.8 Å². The number of rotatable bonds is 5. The van der Waals surface area contributed by atoms with Gasteiger partial charge >= 0.3 is 0 Å². The summed E-state index contributed by atoms with van der Waals surface area (Å²) in [4.78, 5) is 0. The first-order valence-electron chi connectivity index (χ1n) is 6.06. The second-order valence-electron chi connectivity index (χ2n) is 4.53. The summed E-state index contributed by atoms with van der Waals surface area (Å²) in [6, 6.07) is 8.27. The van der Waals surface area contributed by atoms with E-state index >= 15 is 0 Å². The van der Waals surface area contributed by atoms with Gasteiger partial charge in [-0.3, -0.25) is 5.10 Å². The minimum Gasteiger partial charge on any atom is -0.301 e. The number of nitrogens with one attached hydrogen (secondary N) is 1. The molecule has 1 aromatic heterocycles. The van der Waals surface area contributed by atoms with E-state index in [0.29, 0.717) is 10.8 Å². The standard InChI is InChI=1S/C13H16ClN3S2/c1-9(2)17-12(15-16-13(17)18)8-19-7-10-3-5-11(14)6-4-10/h3-6,9H,7-8H2,1-2H3,(H,16,18). The number of benzene rings is 1. The normalized spacial score (nSPS) is 11.2. The predicted octanol–water partition coefficient (Wildman–Crippen LogP) is 4.61. The van der Waals surface area contributed by atoms with Crippen LogP contribution in [-0.2, 0) is 11.5 Å². The van der Waals surface area contributed by atoms with Crippen LogP contribution in [0.3, 0.4) is 0 Å². The Hall–Kier alpha value is -0.780. The lowest BCUT2D eigenvalue weighted by molar-refractivity contribution is 0.573. The molecule has 0 atom stereocenters. The fraction of sp³-hybridized carbons (Fsp3) is 0.385. The van der Waals surface area contributed by atoms with Crippen molar-refractivity contribution in [3.8, 4) is 0 Å². The number of H-pyrrole nitrogens is 1. The lowest BCUT2D eigenvalue weighted by Crippen LogP contribution is -2.05. The Morgan fingerprint density at radius 3 is 2.63 bits per heavy atom. The van der Waals surface area contributed by atoms with Crippen LogP contribution in [0.15, 0.2) is 24.3 Å². The summed E-state index contributed by atoms with van der Waals surface area (Å²) >= 11 is 12.9. The van der Waals surface area contributed by atoms with Crippen LogP contribution in [0, 0.1) is 4.77 Å². The van der Waals surface area contributed by atoms with E-state index in [1.54, 1.807) is 0 Å². The van der Waals surface area contributed by atoms with Crippen LogP contribution in [0.5, 0.6) is 0 Å². The lowest BCUT2D eigenvalue weighted by Gasteiger charge is -2.10. The van der Waals surface area contributed by atoms with Gasteiger partial charge < -0.3 is 4.57 Å². The van der Waals surface area contributed by atoms with Crippen LogP contribution in [-0.4, -0.2) is 14.8 Å². The highest BCUT2D eigenvalue weighted by molar-refractivity contribution is 7.97. The van der Waals surface area contributed by atoms with Gasteiger partial charge in [-0.15, -0.1) is 11.8 Å². The van der Waals surface area contributed by atoms with E-state index in [9.17, 15) is 0 Å². The van der Waals surface area contributed by atoms with Crippen molar-refractivity contribution in [1.82, 2.24) is 14.8 Å². The van der Waals surface area contributed by atoms with Crippen molar-refractivity contribution in [3.05, 3.63) is 45.4 Å². The van der Waals surface area contributed by atoms with Crippen LogP contribution >= 0.6 is 35.6 Å². The van der Waals surface area contributed by atoms with Crippen molar-refractivity contribution in [2.75, 3.05) is 0 Å². The summed E-state index contributed by atoms with van der Waals surface area (Å²) in [7, 11) is 0. The topological polar surface area (TPSA) is 33.6 Å². The lowest BCUT2D eigenvalue weighted by atomic mass is 10.2. The highest BCUT2D eigenvalue weighted by Gasteiger charge is 2.09. The fourth-order valence-corrected chi connectivity index (χ4v) is 3.22. The molecular weight excluding hydrogens is 298 g/mol. The molecule has 0 unspecified atom stereocenters. The van der Waals surface area contributed by atoms with Crippen molar-refractivity contribution in [2.24, 2.45) is 0 Å². The smallest absolute Gasteiger partial charge is 0.195 e. The predicted molar refractivity (Wildman–Crippen MR) is 84.2 cm³/mol. The van der Waals surface area contributed by atoms with E-state index in [4.69, 9.17) is 23.8 Å². The number of hydrogen-bond acceptors (Lipinski definition) is 3. The third-order valence-corrected chi connectivity index (χ3v) is 4.25. The molecule has 0 aliphatic carbocycles. The molecule has 0 saturated carbocycles. The van der Waals surface area contributed by atoms with Crippen LogP contribution in [0.1, 0.15) is 31.3 Å². The number of thioether (sulfide) groups is 1. The zero-order chi connectivity index (χ0) is 13.8. The Morgan fingerprint density at radius 2 is 2.00 bits per heavy atom. The maximum Gasteiger partial charge on any atom is 0.195 e. The highest BCUT2D eigenvalue weighted by atomic mass is 35.5. The summed E-state index contributed by atoms with van der Waals surface area (Å²) in [6.45, 7) is 4.22. The van der Waals surface area contributed by atoms with Crippen LogP contribution < -0.4 is 0 Å². The summed E-state index contributed by atoms with van der Waals surface area (Å²) in [5.41, 5.74) is 1.26. The summed E-state index contributed by atoms with van der Waals surface area (Å²) in [6.07, 6.45) is 0. The maximum atomic E-state index is 5.86. The van der Waals surface area contributed by atoms with E-state index in [-0.39, 0.29) is 0 Å². The minimum atomic E-state index is 0.331. The Kier molecular flexibility index (Phi) is 5.07. The molecule has 0 bridgehead atoms. The Balaban J connectivity index is 1.96. The number of nitrogens with zero attached hydrogens (tertiary/aromatic N) is 2. The van der Waals surface area contributed by atoms with Gasteiger partial charge in [0.15, 0.2) is 4.77 Å². The van der Waals surface area contributed by atoms with Crippen molar-refractivity contribution in [1.29, 1.82) is 0 Å². The Labute approximate surface area is 127 Å². The Morgan fingerprint density at radius 1 is 1.32 bits per heavy atom. The molecule has 1 aromatic carbocycles. The van der Waals surface area contributed by atoms with Crippen LogP contribution in [0.2, 0.25) is 5.02 Å². The van der Waals surface area contributed by atoms with Gasteiger partial charge in [0.2, 0.25) is 0 Å². The molecule has 1 heterocycles. The van der Waals surface area contributed by atoms with Gasteiger partial charge in [0.05, 0.1) is 5.75 Å². The number of aromatic nitrogens is 3. The maximum absolute atomic E-state index is 5.86. The quantitative estimate of drug-likeness (QED) is 0.818. The van der Waals surface area contributed by atoms with Crippen molar-refractivity contribution in [3.63, 3.8) is 0 Å². The number of halogens is 1. The first-order valence-corrected chi connectivity index (χ1v) is 8.00. The van der Waals surface area contributed by atoms with Gasteiger partial charge in [0.1, 0.15) is 5.82 Å². The zero-order valence-electron chi connectivity index (χ0n) is 10.9. The fourth-order valence-electron chi connectivity index (χ4n) is 1.81. The first kappa shape index (κ1) is 14.6. The molecule has 1 N–H and O–H groups in total. The third kappa shape index (κ3) is 3.84. The Bertz CT molecular complexity index is 587. The first-order chi connectivity index (χ1) is 9.08. The van der Waals surface area contributed by atoms with Crippen molar-refractivity contribution in [2.45, 2.75) is 31.4 Å². The van der Waals surface area contributed by atoms with Gasteiger partial charge in [-0.1, -0.05) is 23.7 Å². The molecule has 0 radical (unpaired) electrons. The SMILES string of the molecule is CC(C)n1c(CSCc2ccc(Cl)cc2)n[nH]c1=S. The molecule has 19 heavy (non-hydrogen) atoms. The monoisotopic (exact) mass is 313 g/mol. The molecule has 2 rings (SSSR count). The molecule has 0 spiro atoms. The molecule has 0 fully saturated rings. The zero-order valence-corrected chi connectivity index (χ0v) is 13.3. The number of aromatic amines is 1. The second kappa shape index (κ2) is 6.59. The van der Waals surface area contributed by atoms with E-state index in [1.165, 1.54) is 5.56 Å². The number of hydrogen-bond donors (Lipinski definition) is 1. The van der Waals surface area contributed by atoms with E-state index in [2.05, 4.69) is 40.7 Å². The van der Waals surface area contributed by atoms with Crippen LogP contribution in [0.25, 0.3) is 0 Å². The molecule has 102 valence electrons. The molecule has 0 amide bonds. The third-order valence-electron chi connectivity index (χ3n) is 2.71. The molecule has 0 aliphatic rings. The minimum absolute atomic E-state index is 0.331. The highest BCUT2D eigenvalue weighted by Crippen LogP contribution is 2.20. The molecular formula is C13H16ClN3S2.